The Kier molecular flexibility index (Phi) is 5.73. The number of rotatable bonds is 7. The third-order valence-corrected chi connectivity index (χ3v) is 4.58. The standard InChI is InChI=1S/C12H19ClN2O3S/c1-12(2,6-8-18-3)9-15-19(16,17)10-5-4-7-14-11(10)13/h4-5,7,15H,6,8-9H2,1-3H3. The molecule has 0 bridgehead atoms. The molecule has 1 rings (SSSR count). The van der Waals surface area contributed by atoms with Gasteiger partial charge in [0.25, 0.3) is 0 Å². The van der Waals surface area contributed by atoms with Crippen LogP contribution in [0.25, 0.3) is 0 Å². The fraction of sp³-hybridized carbons (Fsp3) is 0.583. The molecule has 0 aromatic carbocycles. The van der Waals surface area contributed by atoms with E-state index in [4.69, 9.17) is 16.3 Å². The molecule has 1 aromatic heterocycles. The minimum Gasteiger partial charge on any atom is -0.385 e. The monoisotopic (exact) mass is 306 g/mol. The SMILES string of the molecule is COCCC(C)(C)CNS(=O)(=O)c1cccnc1Cl. The molecule has 1 aromatic rings. The van der Waals surface area contributed by atoms with Crippen molar-refractivity contribution in [1.29, 1.82) is 0 Å². The zero-order chi connectivity index (χ0) is 14.5. The van der Waals surface area contributed by atoms with E-state index in [0.717, 1.165) is 6.42 Å². The van der Waals surface area contributed by atoms with Gasteiger partial charge in [0, 0.05) is 26.5 Å². The highest BCUT2D eigenvalue weighted by Crippen LogP contribution is 2.22. The van der Waals surface area contributed by atoms with E-state index in [-0.39, 0.29) is 15.5 Å². The Labute approximate surface area is 119 Å². The number of ether oxygens (including phenoxy) is 1. The average Bonchev–Trinajstić information content (AvgIpc) is 2.35. The molecular formula is C12H19ClN2O3S. The van der Waals surface area contributed by atoms with Gasteiger partial charge in [-0.05, 0) is 24.0 Å². The second kappa shape index (κ2) is 6.65. The summed E-state index contributed by atoms with van der Waals surface area (Å²) in [6.07, 6.45) is 2.21. The summed E-state index contributed by atoms with van der Waals surface area (Å²) >= 11 is 5.79. The van der Waals surface area contributed by atoms with Gasteiger partial charge in [0.15, 0.2) is 0 Å². The summed E-state index contributed by atoms with van der Waals surface area (Å²) in [7, 11) is -2.01. The molecule has 1 N–H and O–H groups in total. The molecule has 0 spiro atoms. The Morgan fingerprint density at radius 3 is 2.74 bits per heavy atom. The smallest absolute Gasteiger partial charge is 0.243 e. The first kappa shape index (κ1) is 16.4. The molecule has 7 heteroatoms. The topological polar surface area (TPSA) is 68.3 Å². The van der Waals surface area contributed by atoms with Crippen LogP contribution in [0.3, 0.4) is 0 Å². The Bertz CT molecular complexity index is 517. The predicted octanol–water partition coefficient (Wildman–Crippen LogP) is 2.08. The van der Waals surface area contributed by atoms with E-state index in [1.54, 1.807) is 7.11 Å². The molecule has 0 atom stereocenters. The molecule has 19 heavy (non-hydrogen) atoms. The van der Waals surface area contributed by atoms with Crippen molar-refractivity contribution in [2.75, 3.05) is 20.3 Å². The fourth-order valence-electron chi connectivity index (χ4n) is 1.41. The maximum absolute atomic E-state index is 12.1. The molecule has 5 nitrogen and oxygen atoms in total. The number of nitrogens with zero attached hydrogens (tertiary/aromatic N) is 1. The van der Waals surface area contributed by atoms with Crippen LogP contribution in [0.4, 0.5) is 0 Å². The van der Waals surface area contributed by atoms with E-state index in [2.05, 4.69) is 9.71 Å². The highest BCUT2D eigenvalue weighted by atomic mass is 35.5. The van der Waals surface area contributed by atoms with Crippen LogP contribution in [-0.2, 0) is 14.8 Å². The molecule has 0 aliphatic rings. The quantitative estimate of drug-likeness (QED) is 0.783. The van der Waals surface area contributed by atoms with E-state index < -0.39 is 10.0 Å². The Morgan fingerprint density at radius 1 is 1.47 bits per heavy atom. The van der Waals surface area contributed by atoms with Crippen molar-refractivity contribution >= 4 is 21.6 Å². The summed E-state index contributed by atoms with van der Waals surface area (Å²) in [5.41, 5.74) is -0.197. The van der Waals surface area contributed by atoms with Crippen molar-refractivity contribution in [2.24, 2.45) is 5.41 Å². The van der Waals surface area contributed by atoms with Crippen molar-refractivity contribution in [2.45, 2.75) is 25.2 Å². The van der Waals surface area contributed by atoms with E-state index in [0.29, 0.717) is 13.2 Å². The number of hydrogen-bond donors (Lipinski definition) is 1. The first-order chi connectivity index (χ1) is 8.78. The molecule has 0 aliphatic heterocycles. The molecule has 0 saturated carbocycles. The van der Waals surface area contributed by atoms with Crippen molar-refractivity contribution in [1.82, 2.24) is 9.71 Å². The van der Waals surface area contributed by atoms with E-state index in [1.165, 1.54) is 18.3 Å². The van der Waals surface area contributed by atoms with Gasteiger partial charge in [-0.2, -0.15) is 0 Å². The normalized spacial score (nSPS) is 12.6. The van der Waals surface area contributed by atoms with Crippen LogP contribution in [-0.4, -0.2) is 33.7 Å². The summed E-state index contributed by atoms with van der Waals surface area (Å²) in [6.45, 7) is 4.84. The van der Waals surface area contributed by atoms with Crippen LogP contribution in [0.5, 0.6) is 0 Å². The number of sulfonamides is 1. The zero-order valence-corrected chi connectivity index (χ0v) is 12.9. The van der Waals surface area contributed by atoms with Crippen molar-refractivity contribution in [3.05, 3.63) is 23.5 Å². The van der Waals surface area contributed by atoms with Gasteiger partial charge in [0.1, 0.15) is 10.0 Å². The maximum Gasteiger partial charge on any atom is 0.243 e. The lowest BCUT2D eigenvalue weighted by Crippen LogP contribution is -2.34. The van der Waals surface area contributed by atoms with Gasteiger partial charge in [-0.1, -0.05) is 25.4 Å². The summed E-state index contributed by atoms with van der Waals surface area (Å²) in [4.78, 5) is 3.76. The van der Waals surface area contributed by atoms with Gasteiger partial charge in [-0.15, -0.1) is 0 Å². The highest BCUT2D eigenvalue weighted by Gasteiger charge is 2.23. The minimum atomic E-state index is -3.63. The molecule has 0 amide bonds. The average molecular weight is 307 g/mol. The van der Waals surface area contributed by atoms with E-state index in [9.17, 15) is 8.42 Å². The number of aromatic nitrogens is 1. The second-order valence-corrected chi connectivity index (χ2v) is 7.12. The number of halogens is 1. The zero-order valence-electron chi connectivity index (χ0n) is 11.3. The van der Waals surface area contributed by atoms with Crippen LogP contribution in [0, 0.1) is 5.41 Å². The lowest BCUT2D eigenvalue weighted by molar-refractivity contribution is 0.153. The first-order valence-electron chi connectivity index (χ1n) is 5.88. The Morgan fingerprint density at radius 2 is 2.16 bits per heavy atom. The van der Waals surface area contributed by atoms with Crippen LogP contribution in [0.1, 0.15) is 20.3 Å². The van der Waals surface area contributed by atoms with Gasteiger partial charge in [0.2, 0.25) is 10.0 Å². The summed E-state index contributed by atoms with van der Waals surface area (Å²) in [5.74, 6) is 0. The molecular weight excluding hydrogens is 288 g/mol. The van der Waals surface area contributed by atoms with Crippen LogP contribution < -0.4 is 4.72 Å². The largest absolute Gasteiger partial charge is 0.385 e. The molecule has 0 fully saturated rings. The van der Waals surface area contributed by atoms with Crippen LogP contribution in [0.2, 0.25) is 5.15 Å². The fourth-order valence-corrected chi connectivity index (χ4v) is 3.10. The van der Waals surface area contributed by atoms with Gasteiger partial charge >= 0.3 is 0 Å². The Hall–Kier alpha value is -0.690. The molecule has 0 aliphatic carbocycles. The summed E-state index contributed by atoms with van der Waals surface area (Å²) < 4.78 is 31.8. The third kappa shape index (κ3) is 5.06. The van der Waals surface area contributed by atoms with Crippen LogP contribution in [0.15, 0.2) is 23.2 Å². The van der Waals surface area contributed by atoms with Gasteiger partial charge in [0.05, 0.1) is 0 Å². The van der Waals surface area contributed by atoms with Crippen molar-refractivity contribution in [3.8, 4) is 0 Å². The number of pyridine rings is 1. The maximum atomic E-state index is 12.1. The van der Waals surface area contributed by atoms with Gasteiger partial charge in [-0.25, -0.2) is 18.1 Å². The lowest BCUT2D eigenvalue weighted by Gasteiger charge is -2.24. The Balaban J connectivity index is 2.74. The number of nitrogens with one attached hydrogen (secondary N) is 1. The molecule has 0 saturated heterocycles. The van der Waals surface area contributed by atoms with Gasteiger partial charge < -0.3 is 4.74 Å². The van der Waals surface area contributed by atoms with Crippen molar-refractivity contribution in [3.63, 3.8) is 0 Å². The molecule has 0 unspecified atom stereocenters. The lowest BCUT2D eigenvalue weighted by atomic mass is 9.90. The second-order valence-electron chi connectivity index (χ2n) is 5.02. The number of hydrogen-bond acceptors (Lipinski definition) is 4. The molecule has 1 heterocycles. The molecule has 108 valence electrons. The molecule has 0 radical (unpaired) electrons. The summed E-state index contributed by atoms with van der Waals surface area (Å²) in [5, 5.41) is -0.0234. The summed E-state index contributed by atoms with van der Waals surface area (Å²) in [6, 6.07) is 2.97. The van der Waals surface area contributed by atoms with Crippen molar-refractivity contribution < 1.29 is 13.2 Å². The van der Waals surface area contributed by atoms with Gasteiger partial charge in [-0.3, -0.25) is 0 Å². The minimum absolute atomic E-state index is 0.000733. The number of methoxy groups -OCH3 is 1. The van der Waals surface area contributed by atoms with E-state index in [1.807, 2.05) is 13.8 Å². The van der Waals surface area contributed by atoms with Crippen LogP contribution >= 0.6 is 11.6 Å². The third-order valence-electron chi connectivity index (χ3n) is 2.74. The van der Waals surface area contributed by atoms with E-state index >= 15 is 0 Å². The first-order valence-corrected chi connectivity index (χ1v) is 7.74. The highest BCUT2D eigenvalue weighted by molar-refractivity contribution is 7.89. The predicted molar refractivity (Wildman–Crippen MR) is 74.7 cm³/mol.